The summed E-state index contributed by atoms with van der Waals surface area (Å²) in [7, 11) is 1.44. The van der Waals surface area contributed by atoms with Gasteiger partial charge in [0.05, 0.1) is 11.4 Å². The molecule has 0 aliphatic carbocycles. The van der Waals surface area contributed by atoms with E-state index >= 15 is 0 Å². The first-order chi connectivity index (χ1) is 10.1. The zero-order valence-electron chi connectivity index (χ0n) is 11.1. The first-order valence-corrected chi connectivity index (χ1v) is 6.27. The third-order valence-electron chi connectivity index (χ3n) is 3.29. The van der Waals surface area contributed by atoms with Crippen molar-refractivity contribution in [3.63, 3.8) is 0 Å². The number of hydrogen-bond donors (Lipinski definition) is 0. The fraction of sp³-hybridized carbons (Fsp3) is 0.133. The van der Waals surface area contributed by atoms with Gasteiger partial charge in [-0.15, -0.1) is 0 Å². The number of amides is 1. The molecule has 1 aromatic heterocycles. The molecular weight excluding hydrogens is 276 g/mol. The number of halogens is 2. The predicted octanol–water partition coefficient (Wildman–Crippen LogP) is 2.33. The average Bonchev–Trinajstić information content (AvgIpc) is 2.59. The van der Waals surface area contributed by atoms with E-state index in [1.807, 2.05) is 0 Å². The second-order valence-corrected chi connectivity index (χ2v) is 4.61. The van der Waals surface area contributed by atoms with Crippen LogP contribution in [-0.4, -0.2) is 29.9 Å². The van der Waals surface area contributed by atoms with Crippen LogP contribution in [-0.2, 0) is 4.79 Å². The highest BCUT2D eigenvalue weighted by Crippen LogP contribution is 2.28. The van der Waals surface area contributed by atoms with E-state index in [0.717, 1.165) is 4.90 Å². The highest BCUT2D eigenvalue weighted by Gasteiger charge is 2.29. The summed E-state index contributed by atoms with van der Waals surface area (Å²) in [5.74, 6) is -1.27. The van der Waals surface area contributed by atoms with Gasteiger partial charge in [0.2, 0.25) is 0 Å². The first-order valence-electron chi connectivity index (χ1n) is 6.27. The molecule has 2 heterocycles. The summed E-state index contributed by atoms with van der Waals surface area (Å²) in [6.07, 6.45) is 1.04. The molecule has 4 nitrogen and oxygen atoms in total. The smallest absolute Gasteiger partial charge is 0.284 e. The van der Waals surface area contributed by atoms with Crippen molar-refractivity contribution in [3.8, 4) is 0 Å². The summed E-state index contributed by atoms with van der Waals surface area (Å²) >= 11 is 0. The molecule has 0 radical (unpaired) electrons. The largest absolute Gasteiger partial charge is 0.311 e. The molecular formula is C15H11F2N3O. The minimum Gasteiger partial charge on any atom is -0.311 e. The lowest BCUT2D eigenvalue weighted by molar-refractivity contribution is -0.122. The Morgan fingerprint density at radius 2 is 2.10 bits per heavy atom. The second-order valence-electron chi connectivity index (χ2n) is 4.61. The number of aromatic nitrogens is 1. The van der Waals surface area contributed by atoms with E-state index in [0.29, 0.717) is 16.8 Å². The molecule has 1 unspecified atom stereocenters. The van der Waals surface area contributed by atoms with Gasteiger partial charge in [-0.1, -0.05) is 0 Å². The second kappa shape index (κ2) is 5.05. The van der Waals surface area contributed by atoms with Crippen LogP contribution in [0.1, 0.15) is 11.1 Å². The van der Waals surface area contributed by atoms with Gasteiger partial charge in [0, 0.05) is 30.6 Å². The lowest BCUT2D eigenvalue weighted by atomic mass is 10.0. The summed E-state index contributed by atoms with van der Waals surface area (Å²) in [6, 6.07) is 7.25. The molecule has 0 spiro atoms. The number of rotatable bonds is 1. The summed E-state index contributed by atoms with van der Waals surface area (Å²) in [5.41, 5.74) is 1.50. The highest BCUT2D eigenvalue weighted by atomic mass is 19.1. The Balaban J connectivity index is 2.27. The van der Waals surface area contributed by atoms with Crippen LogP contribution < -0.4 is 4.90 Å². The third-order valence-corrected chi connectivity index (χ3v) is 3.29. The number of alkyl halides is 1. The molecule has 1 aliphatic heterocycles. The number of benzene rings is 1. The number of benzodiazepines with no additional fused rings is 1. The summed E-state index contributed by atoms with van der Waals surface area (Å²) in [6.45, 7) is 0. The monoisotopic (exact) mass is 287 g/mol. The van der Waals surface area contributed by atoms with E-state index in [4.69, 9.17) is 0 Å². The van der Waals surface area contributed by atoms with Gasteiger partial charge in [0.15, 0.2) is 0 Å². The van der Waals surface area contributed by atoms with E-state index < -0.39 is 18.0 Å². The maximum Gasteiger partial charge on any atom is 0.284 e. The van der Waals surface area contributed by atoms with Crippen molar-refractivity contribution in [1.29, 1.82) is 0 Å². The summed E-state index contributed by atoms with van der Waals surface area (Å²) in [5, 5.41) is 0. The SMILES string of the molecule is CN1C(=O)C(F)N=C(c2cccnc2)c2cc(F)ccc21. The molecule has 2 aromatic rings. The molecule has 0 saturated heterocycles. The zero-order valence-corrected chi connectivity index (χ0v) is 11.1. The highest BCUT2D eigenvalue weighted by molar-refractivity contribution is 6.19. The van der Waals surface area contributed by atoms with E-state index in [-0.39, 0.29) is 5.71 Å². The Bertz CT molecular complexity index is 731. The van der Waals surface area contributed by atoms with Crippen LogP contribution >= 0.6 is 0 Å². The molecule has 6 heteroatoms. The van der Waals surface area contributed by atoms with Crippen LogP contribution in [0.5, 0.6) is 0 Å². The fourth-order valence-electron chi connectivity index (χ4n) is 2.24. The predicted molar refractivity (Wildman–Crippen MR) is 74.6 cm³/mol. The molecule has 21 heavy (non-hydrogen) atoms. The number of anilines is 1. The number of fused-ring (bicyclic) bond motifs is 1. The fourth-order valence-corrected chi connectivity index (χ4v) is 2.24. The summed E-state index contributed by atoms with van der Waals surface area (Å²) in [4.78, 5) is 20.8. The van der Waals surface area contributed by atoms with E-state index in [1.54, 1.807) is 18.3 Å². The van der Waals surface area contributed by atoms with E-state index in [2.05, 4.69) is 9.98 Å². The van der Waals surface area contributed by atoms with E-state index in [1.165, 1.54) is 31.4 Å². The molecule has 1 atom stereocenters. The number of aliphatic imine (C=N–C) groups is 1. The molecule has 106 valence electrons. The Morgan fingerprint density at radius 3 is 2.81 bits per heavy atom. The maximum absolute atomic E-state index is 14.0. The summed E-state index contributed by atoms with van der Waals surface area (Å²) < 4.78 is 27.6. The van der Waals surface area contributed by atoms with Gasteiger partial charge in [-0.25, -0.2) is 13.8 Å². The number of carbonyl (C=O) groups excluding carboxylic acids is 1. The van der Waals surface area contributed by atoms with Crippen LogP contribution in [0.15, 0.2) is 47.7 Å². The standard InChI is InChI=1S/C15H11F2N3O/c1-20-12-5-4-10(16)7-11(12)13(19-14(17)15(20)21)9-3-2-6-18-8-9/h2-8,14H,1H3. The quantitative estimate of drug-likeness (QED) is 0.756. The molecule has 0 N–H and O–H groups in total. The van der Waals surface area contributed by atoms with Gasteiger partial charge in [0.25, 0.3) is 12.2 Å². The Kier molecular flexibility index (Phi) is 3.21. The maximum atomic E-state index is 14.0. The molecule has 0 saturated carbocycles. The van der Waals surface area contributed by atoms with Crippen LogP contribution in [0.3, 0.4) is 0 Å². The lowest BCUT2D eigenvalue weighted by Gasteiger charge is -2.18. The minimum atomic E-state index is -2.03. The Morgan fingerprint density at radius 1 is 1.29 bits per heavy atom. The van der Waals surface area contributed by atoms with Crippen molar-refractivity contribution in [2.45, 2.75) is 6.30 Å². The first kappa shape index (κ1) is 13.4. The van der Waals surface area contributed by atoms with Crippen molar-refractivity contribution in [2.75, 3.05) is 11.9 Å². The van der Waals surface area contributed by atoms with Gasteiger partial charge in [-0.3, -0.25) is 9.78 Å². The molecule has 0 fully saturated rings. The van der Waals surface area contributed by atoms with Gasteiger partial charge in [0.1, 0.15) is 5.82 Å². The average molecular weight is 287 g/mol. The van der Waals surface area contributed by atoms with Crippen molar-refractivity contribution < 1.29 is 13.6 Å². The third kappa shape index (κ3) is 2.29. The molecule has 3 rings (SSSR count). The number of pyridine rings is 1. The lowest BCUT2D eigenvalue weighted by Crippen LogP contribution is -2.32. The van der Waals surface area contributed by atoms with Crippen molar-refractivity contribution >= 4 is 17.3 Å². The Labute approximate surface area is 119 Å². The van der Waals surface area contributed by atoms with Crippen LogP contribution in [0, 0.1) is 5.82 Å². The normalized spacial score (nSPS) is 18.0. The van der Waals surface area contributed by atoms with Gasteiger partial charge >= 0.3 is 0 Å². The zero-order chi connectivity index (χ0) is 15.0. The minimum absolute atomic E-state index is 0.211. The van der Waals surface area contributed by atoms with Crippen LogP contribution in [0.25, 0.3) is 0 Å². The van der Waals surface area contributed by atoms with Gasteiger partial charge in [-0.2, -0.15) is 0 Å². The van der Waals surface area contributed by atoms with Crippen LogP contribution in [0.2, 0.25) is 0 Å². The molecule has 1 aliphatic rings. The number of likely N-dealkylation sites (N-methyl/N-ethyl adjacent to an activating group) is 1. The number of carbonyl (C=O) groups is 1. The topological polar surface area (TPSA) is 45.6 Å². The number of nitrogens with zero attached hydrogens (tertiary/aromatic N) is 3. The van der Waals surface area contributed by atoms with E-state index in [9.17, 15) is 13.6 Å². The van der Waals surface area contributed by atoms with Crippen molar-refractivity contribution in [3.05, 3.63) is 59.7 Å². The Hall–Kier alpha value is -2.63. The molecule has 1 amide bonds. The molecule has 0 bridgehead atoms. The van der Waals surface area contributed by atoms with Crippen LogP contribution in [0.4, 0.5) is 14.5 Å². The van der Waals surface area contributed by atoms with Gasteiger partial charge in [-0.05, 0) is 30.3 Å². The molecule has 1 aromatic carbocycles. The van der Waals surface area contributed by atoms with Crippen molar-refractivity contribution in [1.82, 2.24) is 4.98 Å². The number of hydrogen-bond acceptors (Lipinski definition) is 3. The van der Waals surface area contributed by atoms with Crippen molar-refractivity contribution in [2.24, 2.45) is 4.99 Å². The van der Waals surface area contributed by atoms with Gasteiger partial charge < -0.3 is 4.90 Å².